The van der Waals surface area contributed by atoms with E-state index in [1.54, 1.807) is 0 Å². The Labute approximate surface area is 171 Å². The molecule has 0 unspecified atom stereocenters. The largest absolute Gasteiger partial charge is 0.350 e. The van der Waals surface area contributed by atoms with E-state index < -0.39 is 0 Å². The van der Waals surface area contributed by atoms with Crippen molar-refractivity contribution in [1.29, 1.82) is 0 Å². The molecule has 1 fully saturated rings. The summed E-state index contributed by atoms with van der Waals surface area (Å²) in [5.41, 5.74) is 8.50. The number of fused-ring (bicyclic) bond motifs is 1. The normalized spacial score (nSPS) is 20.5. The Kier molecular flexibility index (Phi) is 4.70. The molecule has 5 rings (SSSR count). The first-order chi connectivity index (χ1) is 14.2. The summed E-state index contributed by atoms with van der Waals surface area (Å²) in [6.07, 6.45) is 9.39. The Balaban J connectivity index is 1.41. The molecule has 0 saturated heterocycles. The molecular weight excluding hydrogens is 358 g/mol. The van der Waals surface area contributed by atoms with Crippen LogP contribution in [0.15, 0.2) is 59.8 Å². The van der Waals surface area contributed by atoms with Gasteiger partial charge < -0.3 is 4.57 Å². The van der Waals surface area contributed by atoms with Gasteiger partial charge >= 0.3 is 0 Å². The molecule has 0 radical (unpaired) electrons. The van der Waals surface area contributed by atoms with Gasteiger partial charge in [-0.15, -0.1) is 0 Å². The number of aryl methyl sites for hydroxylation is 1. The number of aromatic nitrogens is 1. The first-order valence-electron chi connectivity index (χ1n) is 10.7. The maximum absolute atomic E-state index is 12.7. The summed E-state index contributed by atoms with van der Waals surface area (Å²) in [5, 5.41) is 5.54. The molecule has 29 heavy (non-hydrogen) atoms. The molecule has 2 aliphatic rings. The molecule has 0 spiro atoms. The van der Waals surface area contributed by atoms with Gasteiger partial charge in [-0.05, 0) is 41.5 Å². The van der Waals surface area contributed by atoms with Gasteiger partial charge in [-0.2, -0.15) is 5.10 Å². The van der Waals surface area contributed by atoms with Crippen molar-refractivity contribution < 1.29 is 4.79 Å². The molecule has 2 heterocycles. The summed E-state index contributed by atoms with van der Waals surface area (Å²) >= 11 is 0. The SMILES string of the molecule is Cn1cc([C@H]2CC(c3ccc(C4CCCCC4)cc3)=NNC2=O)c2ccccc21. The lowest BCUT2D eigenvalue weighted by molar-refractivity contribution is -0.122. The standard InChI is InChI=1S/C25H27N3O/c1-28-16-22(20-9-5-6-10-24(20)28)21-15-23(26-27-25(21)29)19-13-11-18(12-14-19)17-7-3-2-4-8-17/h5-6,9-14,16-17,21H,2-4,7-8,15H2,1H3,(H,27,29)/t21-/m1/s1. The number of nitrogens with zero attached hydrogens (tertiary/aromatic N) is 2. The minimum absolute atomic E-state index is 0.0241. The highest BCUT2D eigenvalue weighted by Gasteiger charge is 2.29. The van der Waals surface area contributed by atoms with E-state index in [1.165, 1.54) is 37.7 Å². The van der Waals surface area contributed by atoms with Crippen LogP contribution in [0.1, 0.15) is 67.1 Å². The van der Waals surface area contributed by atoms with Crippen molar-refractivity contribution in [3.63, 3.8) is 0 Å². The van der Waals surface area contributed by atoms with Crippen molar-refractivity contribution in [1.82, 2.24) is 9.99 Å². The van der Waals surface area contributed by atoms with Crippen molar-refractivity contribution in [2.24, 2.45) is 12.1 Å². The molecule has 1 aromatic heterocycles. The van der Waals surface area contributed by atoms with Gasteiger partial charge in [-0.1, -0.05) is 61.7 Å². The Morgan fingerprint density at radius 2 is 1.76 bits per heavy atom. The van der Waals surface area contributed by atoms with Gasteiger partial charge in [0, 0.05) is 30.6 Å². The Bertz CT molecular complexity index is 1070. The summed E-state index contributed by atoms with van der Waals surface area (Å²) in [6, 6.07) is 17.1. The Morgan fingerprint density at radius 1 is 1.00 bits per heavy atom. The van der Waals surface area contributed by atoms with Gasteiger partial charge in [0.25, 0.3) is 0 Å². The first kappa shape index (κ1) is 18.2. The van der Waals surface area contributed by atoms with Crippen LogP contribution in [0.3, 0.4) is 0 Å². The summed E-state index contributed by atoms with van der Waals surface area (Å²) in [6.45, 7) is 0. The zero-order valence-electron chi connectivity index (χ0n) is 16.9. The van der Waals surface area contributed by atoms with E-state index in [0.717, 1.165) is 27.7 Å². The number of nitrogens with one attached hydrogen (secondary N) is 1. The topological polar surface area (TPSA) is 46.4 Å². The van der Waals surface area contributed by atoms with Gasteiger partial charge in [0.1, 0.15) is 0 Å². The fourth-order valence-corrected chi connectivity index (χ4v) is 5.00. The Morgan fingerprint density at radius 3 is 2.55 bits per heavy atom. The molecule has 3 aromatic rings. The third kappa shape index (κ3) is 3.37. The molecule has 148 valence electrons. The number of hydrogen-bond acceptors (Lipinski definition) is 2. The van der Waals surface area contributed by atoms with E-state index in [1.807, 2.05) is 19.2 Å². The Hall–Kier alpha value is -2.88. The van der Waals surface area contributed by atoms with Crippen LogP contribution in [-0.2, 0) is 11.8 Å². The minimum atomic E-state index is -0.216. The zero-order valence-corrected chi connectivity index (χ0v) is 16.9. The molecule has 0 bridgehead atoms. The van der Waals surface area contributed by atoms with E-state index in [2.05, 4.69) is 57.7 Å². The molecule has 1 N–H and O–H groups in total. The molecule has 1 aliphatic carbocycles. The number of hydrogen-bond donors (Lipinski definition) is 1. The number of carbonyl (C=O) groups excluding carboxylic acids is 1. The zero-order chi connectivity index (χ0) is 19.8. The second-order valence-electron chi connectivity index (χ2n) is 8.46. The second kappa shape index (κ2) is 7.51. The highest BCUT2D eigenvalue weighted by Crippen LogP contribution is 2.34. The molecule has 1 aliphatic heterocycles. The first-order valence-corrected chi connectivity index (χ1v) is 10.7. The van der Waals surface area contributed by atoms with E-state index in [0.29, 0.717) is 12.3 Å². The van der Waals surface area contributed by atoms with E-state index in [9.17, 15) is 4.79 Å². The quantitative estimate of drug-likeness (QED) is 0.659. The third-order valence-corrected chi connectivity index (χ3v) is 6.64. The average Bonchev–Trinajstić information content (AvgIpc) is 3.11. The summed E-state index contributed by atoms with van der Waals surface area (Å²) in [5.74, 6) is 0.463. The predicted molar refractivity (Wildman–Crippen MR) is 117 cm³/mol. The van der Waals surface area contributed by atoms with Crippen molar-refractivity contribution in [2.45, 2.75) is 50.4 Å². The van der Waals surface area contributed by atoms with Crippen LogP contribution in [0.5, 0.6) is 0 Å². The summed E-state index contributed by atoms with van der Waals surface area (Å²) < 4.78 is 2.10. The van der Waals surface area contributed by atoms with Crippen LogP contribution >= 0.6 is 0 Å². The highest BCUT2D eigenvalue weighted by molar-refractivity contribution is 6.07. The molecule has 1 amide bonds. The van der Waals surface area contributed by atoms with Crippen molar-refractivity contribution in [3.8, 4) is 0 Å². The number of carbonyl (C=O) groups is 1. The lowest BCUT2D eigenvalue weighted by atomic mass is 9.83. The maximum Gasteiger partial charge on any atom is 0.248 e. The fourth-order valence-electron chi connectivity index (χ4n) is 5.00. The van der Waals surface area contributed by atoms with Crippen LogP contribution in [0.25, 0.3) is 10.9 Å². The van der Waals surface area contributed by atoms with Crippen LogP contribution in [-0.4, -0.2) is 16.2 Å². The van der Waals surface area contributed by atoms with Gasteiger partial charge in [0.2, 0.25) is 5.91 Å². The number of benzene rings is 2. The van der Waals surface area contributed by atoms with Crippen LogP contribution in [0, 0.1) is 0 Å². The molecule has 2 aromatic carbocycles. The number of hydrazone groups is 1. The van der Waals surface area contributed by atoms with Crippen molar-refractivity contribution >= 4 is 22.5 Å². The fraction of sp³-hybridized carbons (Fsp3) is 0.360. The number of rotatable bonds is 3. The summed E-state index contributed by atoms with van der Waals surface area (Å²) in [4.78, 5) is 12.7. The smallest absolute Gasteiger partial charge is 0.248 e. The van der Waals surface area contributed by atoms with E-state index in [4.69, 9.17) is 0 Å². The summed E-state index contributed by atoms with van der Waals surface area (Å²) in [7, 11) is 2.03. The number of amides is 1. The third-order valence-electron chi connectivity index (χ3n) is 6.64. The van der Waals surface area contributed by atoms with Gasteiger partial charge in [0.15, 0.2) is 0 Å². The molecule has 1 saturated carbocycles. The van der Waals surface area contributed by atoms with Crippen molar-refractivity contribution in [3.05, 3.63) is 71.4 Å². The van der Waals surface area contributed by atoms with Crippen LogP contribution < -0.4 is 5.43 Å². The highest BCUT2D eigenvalue weighted by atomic mass is 16.2. The average molecular weight is 386 g/mol. The van der Waals surface area contributed by atoms with Gasteiger partial charge in [0.05, 0.1) is 11.6 Å². The van der Waals surface area contributed by atoms with Gasteiger partial charge in [-0.25, -0.2) is 5.43 Å². The molecule has 4 nitrogen and oxygen atoms in total. The van der Waals surface area contributed by atoms with Gasteiger partial charge in [-0.3, -0.25) is 4.79 Å². The van der Waals surface area contributed by atoms with Crippen molar-refractivity contribution in [2.75, 3.05) is 0 Å². The van der Waals surface area contributed by atoms with E-state index in [-0.39, 0.29) is 11.8 Å². The lowest BCUT2D eigenvalue weighted by Gasteiger charge is -2.23. The second-order valence-corrected chi connectivity index (χ2v) is 8.46. The molecular formula is C25H27N3O. The molecule has 4 heteroatoms. The monoisotopic (exact) mass is 385 g/mol. The maximum atomic E-state index is 12.7. The predicted octanol–water partition coefficient (Wildman–Crippen LogP) is 5.23. The lowest BCUT2D eigenvalue weighted by Crippen LogP contribution is -2.33. The van der Waals surface area contributed by atoms with E-state index >= 15 is 0 Å². The van der Waals surface area contributed by atoms with Crippen LogP contribution in [0.2, 0.25) is 0 Å². The van der Waals surface area contributed by atoms with Crippen LogP contribution in [0.4, 0.5) is 0 Å². The molecule has 1 atom stereocenters. The minimum Gasteiger partial charge on any atom is -0.350 e. The number of para-hydroxylation sites is 1.